The largest absolute Gasteiger partial charge is 0.396 e. The summed E-state index contributed by atoms with van der Waals surface area (Å²) in [6.45, 7) is 7.39. The van der Waals surface area contributed by atoms with E-state index in [2.05, 4.69) is 18.7 Å². The number of unbranched alkanes of at least 4 members (excludes halogenated alkanes) is 8. The average molecular weight is 326 g/mol. The van der Waals surface area contributed by atoms with E-state index in [-0.39, 0.29) is 0 Å². The first kappa shape index (κ1) is 21.0. The molecule has 1 rings (SSSR count). The first-order valence-corrected chi connectivity index (χ1v) is 10.7. The maximum absolute atomic E-state index is 9.51. The van der Waals surface area contributed by atoms with E-state index in [1.165, 1.54) is 96.4 Å². The molecule has 0 amide bonds. The van der Waals surface area contributed by atoms with Crippen LogP contribution in [-0.4, -0.2) is 35.7 Å². The summed E-state index contributed by atoms with van der Waals surface area (Å²) < 4.78 is 0. The van der Waals surface area contributed by atoms with Crippen LogP contribution in [-0.2, 0) is 0 Å². The van der Waals surface area contributed by atoms with Gasteiger partial charge in [0.05, 0.1) is 0 Å². The first-order chi connectivity index (χ1) is 11.3. The molecule has 2 nitrogen and oxygen atoms in total. The van der Waals surface area contributed by atoms with Crippen molar-refractivity contribution in [2.75, 3.05) is 19.7 Å². The van der Waals surface area contributed by atoms with Crippen molar-refractivity contribution in [3.05, 3.63) is 0 Å². The monoisotopic (exact) mass is 325 g/mol. The highest BCUT2D eigenvalue weighted by atomic mass is 16.3. The van der Waals surface area contributed by atoms with Gasteiger partial charge in [0.1, 0.15) is 0 Å². The van der Waals surface area contributed by atoms with E-state index in [1.54, 1.807) is 0 Å². The van der Waals surface area contributed by atoms with E-state index in [0.29, 0.717) is 12.5 Å². The van der Waals surface area contributed by atoms with Crippen molar-refractivity contribution in [3.8, 4) is 0 Å². The highest BCUT2D eigenvalue weighted by molar-refractivity contribution is 4.79. The van der Waals surface area contributed by atoms with Crippen LogP contribution in [0.25, 0.3) is 0 Å². The Morgan fingerprint density at radius 3 is 1.96 bits per heavy atom. The summed E-state index contributed by atoms with van der Waals surface area (Å²) in [5, 5.41) is 9.51. The lowest BCUT2D eigenvalue weighted by Gasteiger charge is -2.38. The molecule has 1 aliphatic heterocycles. The highest BCUT2D eigenvalue weighted by Crippen LogP contribution is 2.24. The number of likely N-dealkylation sites (tertiary alicyclic amines) is 1. The summed E-state index contributed by atoms with van der Waals surface area (Å²) in [6.07, 6.45) is 19.2. The minimum Gasteiger partial charge on any atom is -0.396 e. The van der Waals surface area contributed by atoms with Crippen LogP contribution in [0.5, 0.6) is 0 Å². The van der Waals surface area contributed by atoms with Gasteiger partial charge in [-0.25, -0.2) is 0 Å². The van der Waals surface area contributed by atoms with E-state index in [1.807, 2.05) is 0 Å². The SMILES string of the molecule is CCCCCCCC(CCCCCCC)N1CCCC(CO)C1. The van der Waals surface area contributed by atoms with Crippen molar-refractivity contribution in [1.82, 2.24) is 4.90 Å². The number of nitrogens with zero attached hydrogens (tertiary/aromatic N) is 1. The molecule has 0 aromatic heterocycles. The van der Waals surface area contributed by atoms with Gasteiger partial charge in [-0.05, 0) is 38.1 Å². The van der Waals surface area contributed by atoms with Crippen molar-refractivity contribution in [2.45, 2.75) is 110 Å². The minimum absolute atomic E-state index is 0.385. The maximum Gasteiger partial charge on any atom is 0.0471 e. The zero-order valence-electron chi connectivity index (χ0n) is 16.1. The molecule has 1 fully saturated rings. The van der Waals surface area contributed by atoms with Crippen LogP contribution in [0.1, 0.15) is 104 Å². The molecule has 1 saturated heterocycles. The number of hydrogen-bond acceptors (Lipinski definition) is 2. The molecule has 0 aromatic rings. The van der Waals surface area contributed by atoms with Gasteiger partial charge >= 0.3 is 0 Å². The van der Waals surface area contributed by atoms with Gasteiger partial charge in [-0.1, -0.05) is 78.1 Å². The van der Waals surface area contributed by atoms with Gasteiger partial charge in [-0.3, -0.25) is 0 Å². The standard InChI is InChI=1S/C21H43NO/c1-3-5-7-9-11-15-21(16-12-10-8-6-4-2)22-17-13-14-20(18-22)19-23/h20-21,23H,3-19H2,1-2H3. The van der Waals surface area contributed by atoms with Gasteiger partial charge in [0.2, 0.25) is 0 Å². The van der Waals surface area contributed by atoms with Gasteiger partial charge in [0, 0.05) is 19.2 Å². The maximum atomic E-state index is 9.51. The van der Waals surface area contributed by atoms with Crippen molar-refractivity contribution < 1.29 is 5.11 Å². The van der Waals surface area contributed by atoms with E-state index < -0.39 is 0 Å². The van der Waals surface area contributed by atoms with Crippen LogP contribution < -0.4 is 0 Å². The molecular formula is C21H43NO. The van der Waals surface area contributed by atoms with Crippen molar-refractivity contribution in [3.63, 3.8) is 0 Å². The second-order valence-corrected chi connectivity index (χ2v) is 7.75. The number of piperidine rings is 1. The lowest BCUT2D eigenvalue weighted by molar-refractivity contribution is 0.0784. The molecule has 1 N–H and O–H groups in total. The summed E-state index contributed by atoms with van der Waals surface area (Å²) >= 11 is 0. The van der Waals surface area contributed by atoms with Gasteiger partial charge in [0.15, 0.2) is 0 Å². The first-order valence-electron chi connectivity index (χ1n) is 10.7. The normalized spacial score (nSPS) is 19.6. The van der Waals surface area contributed by atoms with E-state index in [0.717, 1.165) is 12.6 Å². The van der Waals surface area contributed by atoms with Crippen LogP contribution in [0.4, 0.5) is 0 Å². The van der Waals surface area contributed by atoms with Gasteiger partial charge in [0.25, 0.3) is 0 Å². The third kappa shape index (κ3) is 9.72. The number of aliphatic hydroxyl groups excluding tert-OH is 1. The molecule has 0 bridgehead atoms. The summed E-state index contributed by atoms with van der Waals surface area (Å²) in [6, 6.07) is 0.785. The fraction of sp³-hybridized carbons (Fsp3) is 1.00. The lowest BCUT2D eigenvalue weighted by atomic mass is 9.93. The predicted octanol–water partition coefficient (Wildman–Crippen LogP) is 5.78. The molecule has 1 heterocycles. The van der Waals surface area contributed by atoms with Crippen molar-refractivity contribution >= 4 is 0 Å². The highest BCUT2D eigenvalue weighted by Gasteiger charge is 2.24. The molecule has 0 aliphatic carbocycles. The van der Waals surface area contributed by atoms with E-state index >= 15 is 0 Å². The molecule has 0 aromatic carbocycles. The molecule has 0 spiro atoms. The van der Waals surface area contributed by atoms with Gasteiger partial charge in [-0.15, -0.1) is 0 Å². The van der Waals surface area contributed by atoms with Crippen LogP contribution in [0, 0.1) is 5.92 Å². The zero-order valence-corrected chi connectivity index (χ0v) is 16.1. The predicted molar refractivity (Wildman–Crippen MR) is 102 cm³/mol. The average Bonchev–Trinajstić information content (AvgIpc) is 2.59. The molecule has 138 valence electrons. The number of rotatable bonds is 14. The summed E-state index contributed by atoms with van der Waals surface area (Å²) in [7, 11) is 0. The molecule has 0 saturated carbocycles. The second kappa shape index (κ2) is 14.3. The Labute approximate surface area is 146 Å². The van der Waals surface area contributed by atoms with Gasteiger partial charge < -0.3 is 10.0 Å². The fourth-order valence-electron chi connectivity index (χ4n) is 4.05. The zero-order chi connectivity index (χ0) is 16.8. The van der Waals surface area contributed by atoms with Crippen molar-refractivity contribution in [2.24, 2.45) is 5.92 Å². The Morgan fingerprint density at radius 1 is 0.870 bits per heavy atom. The van der Waals surface area contributed by atoms with Crippen LogP contribution >= 0.6 is 0 Å². The van der Waals surface area contributed by atoms with E-state index in [9.17, 15) is 5.11 Å². The van der Waals surface area contributed by atoms with Crippen LogP contribution in [0.15, 0.2) is 0 Å². The molecule has 1 aliphatic rings. The minimum atomic E-state index is 0.385. The molecule has 23 heavy (non-hydrogen) atoms. The summed E-state index contributed by atoms with van der Waals surface area (Å²) in [4.78, 5) is 2.73. The molecule has 1 atom stereocenters. The Balaban J connectivity index is 2.33. The summed E-state index contributed by atoms with van der Waals surface area (Å²) in [5.41, 5.74) is 0. The van der Waals surface area contributed by atoms with Crippen LogP contribution in [0.3, 0.4) is 0 Å². The number of hydrogen-bond donors (Lipinski definition) is 1. The van der Waals surface area contributed by atoms with E-state index in [4.69, 9.17) is 0 Å². The van der Waals surface area contributed by atoms with Gasteiger partial charge in [-0.2, -0.15) is 0 Å². The molecule has 2 heteroatoms. The molecule has 1 unspecified atom stereocenters. The molecule has 0 radical (unpaired) electrons. The Hall–Kier alpha value is -0.0800. The number of aliphatic hydroxyl groups is 1. The third-order valence-corrected chi connectivity index (χ3v) is 5.61. The third-order valence-electron chi connectivity index (χ3n) is 5.61. The van der Waals surface area contributed by atoms with Crippen molar-refractivity contribution in [1.29, 1.82) is 0 Å². The van der Waals surface area contributed by atoms with Crippen LogP contribution in [0.2, 0.25) is 0 Å². The summed E-state index contributed by atoms with van der Waals surface area (Å²) in [5.74, 6) is 0.534. The Bertz CT molecular complexity index is 242. The smallest absolute Gasteiger partial charge is 0.0471 e. The quantitative estimate of drug-likeness (QED) is 0.409. The lowest BCUT2D eigenvalue weighted by Crippen LogP contribution is -2.43. The topological polar surface area (TPSA) is 23.5 Å². The Kier molecular flexibility index (Phi) is 13.0. The fourth-order valence-corrected chi connectivity index (χ4v) is 4.05. The molecular weight excluding hydrogens is 282 g/mol. The Morgan fingerprint density at radius 2 is 1.43 bits per heavy atom. The second-order valence-electron chi connectivity index (χ2n) is 7.75.